The highest BCUT2D eigenvalue weighted by Crippen LogP contribution is 2.24. The van der Waals surface area contributed by atoms with Crippen LogP contribution in [0.5, 0.6) is 5.88 Å². The molecule has 0 radical (unpaired) electrons. The van der Waals surface area contributed by atoms with E-state index in [0.29, 0.717) is 6.61 Å². The standard InChI is InChI=1S/C6H9N3O3S/c7-13(10,11)5-6-9(4-8-5)2-1-3-12-6/h4H,1-3H2,(H2,7,10,11). The summed E-state index contributed by atoms with van der Waals surface area (Å²) in [5.74, 6) is 0.258. The Kier molecular flexibility index (Phi) is 1.77. The van der Waals surface area contributed by atoms with Crippen LogP contribution in [0, 0.1) is 0 Å². The van der Waals surface area contributed by atoms with Gasteiger partial charge in [0, 0.05) is 6.54 Å². The number of hydrogen-bond acceptors (Lipinski definition) is 4. The molecule has 0 bridgehead atoms. The smallest absolute Gasteiger partial charge is 0.261 e. The average Bonchev–Trinajstić information content (AvgIpc) is 2.45. The molecular formula is C6H9N3O3S. The van der Waals surface area contributed by atoms with E-state index in [-0.39, 0.29) is 10.9 Å². The number of nitrogens with zero attached hydrogens (tertiary/aromatic N) is 2. The number of rotatable bonds is 1. The molecule has 1 aliphatic heterocycles. The summed E-state index contributed by atoms with van der Waals surface area (Å²) in [6.45, 7) is 1.23. The van der Waals surface area contributed by atoms with Crippen LogP contribution in [0.3, 0.4) is 0 Å². The number of nitrogens with two attached hydrogens (primary N) is 1. The molecule has 0 saturated carbocycles. The maximum Gasteiger partial charge on any atom is 0.261 e. The lowest BCUT2D eigenvalue weighted by atomic mass is 10.4. The van der Waals surface area contributed by atoms with Crippen LogP contribution < -0.4 is 9.88 Å². The maximum atomic E-state index is 11.0. The maximum absolute atomic E-state index is 11.0. The second kappa shape index (κ2) is 2.71. The molecule has 0 saturated heterocycles. The number of imidazole rings is 1. The van der Waals surface area contributed by atoms with E-state index in [9.17, 15) is 8.42 Å². The molecule has 1 aromatic rings. The van der Waals surface area contributed by atoms with Crippen molar-refractivity contribution >= 4 is 10.0 Å². The summed E-state index contributed by atoms with van der Waals surface area (Å²) in [5.41, 5.74) is 0. The number of ether oxygens (including phenoxy) is 1. The van der Waals surface area contributed by atoms with Gasteiger partial charge in [-0.3, -0.25) is 0 Å². The summed E-state index contributed by atoms with van der Waals surface area (Å²) in [7, 11) is -3.76. The SMILES string of the molecule is NS(=O)(=O)c1ncn2c1OCCC2. The first-order chi connectivity index (χ1) is 6.09. The third-order valence-electron chi connectivity index (χ3n) is 1.81. The minimum Gasteiger partial charge on any atom is -0.477 e. The van der Waals surface area contributed by atoms with E-state index in [1.54, 1.807) is 4.57 Å². The van der Waals surface area contributed by atoms with Gasteiger partial charge in [0.05, 0.1) is 12.9 Å². The Labute approximate surface area is 75.4 Å². The van der Waals surface area contributed by atoms with Crippen molar-refractivity contribution in [2.24, 2.45) is 5.14 Å². The van der Waals surface area contributed by atoms with Crippen molar-refractivity contribution in [3.05, 3.63) is 6.33 Å². The molecule has 2 rings (SSSR count). The molecule has 0 fully saturated rings. The lowest BCUT2D eigenvalue weighted by Crippen LogP contribution is -2.18. The molecular weight excluding hydrogens is 194 g/mol. The van der Waals surface area contributed by atoms with Crippen molar-refractivity contribution in [1.29, 1.82) is 0 Å². The summed E-state index contributed by atoms with van der Waals surface area (Å²) in [6, 6.07) is 0. The molecule has 0 aliphatic carbocycles. The van der Waals surface area contributed by atoms with Crippen LogP contribution in [0.15, 0.2) is 11.4 Å². The number of fused-ring (bicyclic) bond motifs is 1. The van der Waals surface area contributed by atoms with E-state index in [1.165, 1.54) is 6.33 Å². The Morgan fingerprint density at radius 2 is 2.38 bits per heavy atom. The number of aryl methyl sites for hydroxylation is 1. The van der Waals surface area contributed by atoms with Crippen LogP contribution in [0.1, 0.15) is 6.42 Å². The predicted octanol–water partition coefficient (Wildman–Crippen LogP) is -0.687. The molecule has 72 valence electrons. The van der Waals surface area contributed by atoms with Crippen molar-refractivity contribution < 1.29 is 13.2 Å². The van der Waals surface area contributed by atoms with Gasteiger partial charge in [-0.15, -0.1) is 0 Å². The van der Waals surface area contributed by atoms with Gasteiger partial charge in [-0.1, -0.05) is 0 Å². The van der Waals surface area contributed by atoms with Crippen molar-refractivity contribution in [3.63, 3.8) is 0 Å². The molecule has 1 aliphatic rings. The zero-order chi connectivity index (χ0) is 9.47. The van der Waals surface area contributed by atoms with Crippen molar-refractivity contribution in [2.75, 3.05) is 6.61 Å². The zero-order valence-electron chi connectivity index (χ0n) is 6.80. The molecule has 0 aromatic carbocycles. The van der Waals surface area contributed by atoms with Gasteiger partial charge in [0.25, 0.3) is 10.0 Å². The van der Waals surface area contributed by atoms with E-state index >= 15 is 0 Å². The summed E-state index contributed by atoms with van der Waals surface area (Å²) >= 11 is 0. The van der Waals surface area contributed by atoms with Gasteiger partial charge in [-0.2, -0.15) is 0 Å². The Morgan fingerprint density at radius 3 is 3.08 bits per heavy atom. The normalized spacial score (nSPS) is 16.4. The van der Waals surface area contributed by atoms with Gasteiger partial charge in [0.15, 0.2) is 0 Å². The van der Waals surface area contributed by atoms with E-state index in [1.807, 2.05) is 0 Å². The van der Waals surface area contributed by atoms with Crippen LogP contribution >= 0.6 is 0 Å². The number of hydrogen-bond donors (Lipinski definition) is 1. The highest BCUT2D eigenvalue weighted by molar-refractivity contribution is 7.89. The summed E-state index contributed by atoms with van der Waals surface area (Å²) in [6.07, 6.45) is 2.28. The zero-order valence-corrected chi connectivity index (χ0v) is 7.62. The van der Waals surface area contributed by atoms with Gasteiger partial charge in [0.2, 0.25) is 10.9 Å². The van der Waals surface area contributed by atoms with Crippen molar-refractivity contribution in [3.8, 4) is 5.88 Å². The topological polar surface area (TPSA) is 87.2 Å². The first kappa shape index (κ1) is 8.52. The number of primary sulfonamides is 1. The second-order valence-corrected chi connectivity index (χ2v) is 4.27. The number of sulfonamides is 1. The van der Waals surface area contributed by atoms with Gasteiger partial charge < -0.3 is 9.30 Å². The predicted molar refractivity (Wildman–Crippen MR) is 43.7 cm³/mol. The molecule has 0 spiro atoms. The average molecular weight is 203 g/mol. The lowest BCUT2D eigenvalue weighted by Gasteiger charge is -2.15. The van der Waals surface area contributed by atoms with Crippen molar-refractivity contribution in [1.82, 2.24) is 9.55 Å². The van der Waals surface area contributed by atoms with Gasteiger partial charge >= 0.3 is 0 Å². The van der Waals surface area contributed by atoms with Crippen LogP contribution in [0.4, 0.5) is 0 Å². The van der Waals surface area contributed by atoms with Crippen LogP contribution in [-0.2, 0) is 16.6 Å². The molecule has 6 nitrogen and oxygen atoms in total. The van der Waals surface area contributed by atoms with Crippen LogP contribution in [0.2, 0.25) is 0 Å². The molecule has 0 amide bonds. The molecule has 7 heteroatoms. The van der Waals surface area contributed by atoms with E-state index in [0.717, 1.165) is 13.0 Å². The summed E-state index contributed by atoms with van der Waals surface area (Å²) < 4.78 is 28.8. The molecule has 13 heavy (non-hydrogen) atoms. The minimum atomic E-state index is -3.76. The lowest BCUT2D eigenvalue weighted by molar-refractivity contribution is 0.234. The van der Waals surface area contributed by atoms with Gasteiger partial charge in [0.1, 0.15) is 0 Å². The highest BCUT2D eigenvalue weighted by Gasteiger charge is 2.23. The summed E-state index contributed by atoms with van der Waals surface area (Å²) in [5, 5.41) is 4.77. The monoisotopic (exact) mass is 203 g/mol. The fourth-order valence-electron chi connectivity index (χ4n) is 1.26. The van der Waals surface area contributed by atoms with Gasteiger partial charge in [-0.05, 0) is 6.42 Å². The summed E-state index contributed by atoms with van der Waals surface area (Å²) in [4.78, 5) is 3.69. The number of aromatic nitrogens is 2. The fourth-order valence-corrected chi connectivity index (χ4v) is 1.87. The molecule has 0 atom stereocenters. The molecule has 2 N–H and O–H groups in total. The Balaban J connectivity index is 2.55. The quantitative estimate of drug-likeness (QED) is 0.654. The first-order valence-electron chi connectivity index (χ1n) is 3.80. The molecule has 2 heterocycles. The first-order valence-corrected chi connectivity index (χ1v) is 5.34. The van der Waals surface area contributed by atoms with Crippen LogP contribution in [-0.4, -0.2) is 24.6 Å². The van der Waals surface area contributed by atoms with Crippen molar-refractivity contribution in [2.45, 2.75) is 18.0 Å². The second-order valence-electron chi connectivity index (χ2n) is 2.80. The Hall–Kier alpha value is -1.08. The van der Waals surface area contributed by atoms with Crippen LogP contribution in [0.25, 0.3) is 0 Å². The third-order valence-corrected chi connectivity index (χ3v) is 2.63. The van der Waals surface area contributed by atoms with E-state index in [4.69, 9.17) is 9.88 Å². The highest BCUT2D eigenvalue weighted by atomic mass is 32.2. The largest absolute Gasteiger partial charge is 0.477 e. The van der Waals surface area contributed by atoms with Gasteiger partial charge in [-0.25, -0.2) is 18.5 Å². The molecule has 0 unspecified atom stereocenters. The minimum absolute atomic E-state index is 0.174. The fraction of sp³-hybridized carbons (Fsp3) is 0.500. The Morgan fingerprint density at radius 1 is 1.62 bits per heavy atom. The van der Waals surface area contributed by atoms with E-state index < -0.39 is 10.0 Å². The van der Waals surface area contributed by atoms with E-state index in [2.05, 4.69) is 4.98 Å². The molecule has 1 aromatic heterocycles. The third kappa shape index (κ3) is 1.40. The Bertz CT molecular complexity index is 422.